The number of nitrogens with two attached hydrogens (primary N) is 1. The molecule has 0 radical (unpaired) electrons. The summed E-state index contributed by atoms with van der Waals surface area (Å²) in [5.74, 6) is 0.551. The van der Waals surface area contributed by atoms with Crippen molar-refractivity contribution in [1.29, 1.82) is 0 Å². The van der Waals surface area contributed by atoms with Crippen LogP contribution in [0.15, 0.2) is 0 Å². The van der Waals surface area contributed by atoms with Crippen LogP contribution in [-0.4, -0.2) is 18.3 Å². The molecule has 0 heterocycles. The van der Waals surface area contributed by atoms with E-state index in [0.29, 0.717) is 12.5 Å². The average molecular weight is 187 g/mol. The quantitative estimate of drug-likeness (QED) is 0.600. The Kier molecular flexibility index (Phi) is 6.35. The Labute approximate surface area is 82.5 Å². The second kappa shape index (κ2) is 6.39. The number of unbranched alkanes of at least 4 members (excludes halogenated alkanes) is 2. The van der Waals surface area contributed by atoms with E-state index in [0.717, 1.165) is 19.4 Å². The van der Waals surface area contributed by atoms with Crippen LogP contribution in [0.25, 0.3) is 0 Å². The zero-order chi connectivity index (χ0) is 10.3. The Balaban J connectivity index is 3.71. The van der Waals surface area contributed by atoms with E-state index in [4.69, 9.17) is 5.73 Å². The van der Waals surface area contributed by atoms with Crippen molar-refractivity contribution in [3.05, 3.63) is 0 Å². The van der Waals surface area contributed by atoms with Gasteiger partial charge in [0.25, 0.3) is 0 Å². The molecule has 0 saturated carbocycles. The first kappa shape index (κ1) is 12.9. The lowest BCUT2D eigenvalue weighted by Crippen LogP contribution is -2.27. The van der Waals surface area contributed by atoms with E-state index < -0.39 is 0 Å². The second-order valence-electron chi connectivity index (χ2n) is 4.57. The molecule has 0 fully saturated rings. The van der Waals surface area contributed by atoms with Crippen molar-refractivity contribution < 1.29 is 5.11 Å². The van der Waals surface area contributed by atoms with Gasteiger partial charge >= 0.3 is 0 Å². The fraction of sp³-hybridized carbons (Fsp3) is 1.00. The van der Waals surface area contributed by atoms with Crippen LogP contribution >= 0.6 is 0 Å². The van der Waals surface area contributed by atoms with Crippen molar-refractivity contribution in [2.45, 2.75) is 46.5 Å². The first-order valence-electron chi connectivity index (χ1n) is 5.37. The van der Waals surface area contributed by atoms with Gasteiger partial charge in [-0.2, -0.15) is 0 Å². The maximum atomic E-state index is 9.29. The highest BCUT2D eigenvalue weighted by Crippen LogP contribution is 2.32. The molecule has 1 unspecified atom stereocenters. The number of aliphatic hydroxyl groups excluding tert-OH is 1. The first-order valence-corrected chi connectivity index (χ1v) is 5.37. The minimum atomic E-state index is 0.106. The third kappa shape index (κ3) is 4.63. The molecular formula is C11H25NO. The molecule has 0 spiro atoms. The molecule has 0 aliphatic heterocycles. The average Bonchev–Trinajstić information content (AvgIpc) is 2.12. The van der Waals surface area contributed by atoms with E-state index in [1.807, 2.05) is 0 Å². The molecule has 0 saturated heterocycles. The Morgan fingerprint density at radius 2 is 1.85 bits per heavy atom. The predicted molar refractivity (Wildman–Crippen MR) is 57.6 cm³/mol. The van der Waals surface area contributed by atoms with Gasteiger partial charge in [-0.3, -0.25) is 0 Å². The molecule has 0 aliphatic rings. The number of hydrogen-bond donors (Lipinski definition) is 2. The zero-order valence-electron chi connectivity index (χ0n) is 9.34. The summed E-state index contributed by atoms with van der Waals surface area (Å²) in [6.07, 6.45) is 4.60. The van der Waals surface area contributed by atoms with E-state index in [2.05, 4.69) is 20.8 Å². The molecule has 0 amide bonds. The Morgan fingerprint density at radius 3 is 2.23 bits per heavy atom. The molecule has 3 N–H and O–H groups in total. The van der Waals surface area contributed by atoms with E-state index in [1.165, 1.54) is 12.8 Å². The van der Waals surface area contributed by atoms with Crippen molar-refractivity contribution in [1.82, 2.24) is 0 Å². The van der Waals surface area contributed by atoms with Crippen molar-refractivity contribution in [3.8, 4) is 0 Å². The molecule has 2 heteroatoms. The van der Waals surface area contributed by atoms with Gasteiger partial charge < -0.3 is 10.8 Å². The smallest absolute Gasteiger partial charge is 0.0487 e. The van der Waals surface area contributed by atoms with Crippen molar-refractivity contribution in [2.24, 2.45) is 17.1 Å². The predicted octanol–water partition coefficient (Wildman–Crippen LogP) is 2.16. The Morgan fingerprint density at radius 1 is 1.23 bits per heavy atom. The highest BCUT2D eigenvalue weighted by molar-refractivity contribution is 4.76. The molecule has 1 atom stereocenters. The van der Waals surface area contributed by atoms with Crippen LogP contribution in [-0.2, 0) is 0 Å². The topological polar surface area (TPSA) is 46.2 Å². The van der Waals surface area contributed by atoms with Crippen molar-refractivity contribution >= 4 is 0 Å². The minimum absolute atomic E-state index is 0.106. The van der Waals surface area contributed by atoms with Gasteiger partial charge in [0, 0.05) is 6.61 Å². The second-order valence-corrected chi connectivity index (χ2v) is 4.57. The molecule has 0 aliphatic carbocycles. The molecule has 80 valence electrons. The SMILES string of the molecule is CC(C)C(C)(CO)CCCCCN. The number of hydrogen-bond acceptors (Lipinski definition) is 2. The summed E-state index contributed by atoms with van der Waals surface area (Å²) in [6, 6.07) is 0. The van der Waals surface area contributed by atoms with Gasteiger partial charge in [0.1, 0.15) is 0 Å². The Hall–Kier alpha value is -0.0800. The fourth-order valence-corrected chi connectivity index (χ4v) is 1.40. The summed E-state index contributed by atoms with van der Waals surface area (Å²) in [4.78, 5) is 0. The molecular weight excluding hydrogens is 162 g/mol. The van der Waals surface area contributed by atoms with Gasteiger partial charge in [-0.1, -0.05) is 33.6 Å². The standard InChI is InChI=1S/C11H25NO/c1-10(2)11(3,9-13)7-5-4-6-8-12/h10,13H,4-9,12H2,1-3H3. The molecule has 0 aromatic heterocycles. The van der Waals surface area contributed by atoms with Crippen LogP contribution in [0.1, 0.15) is 46.5 Å². The van der Waals surface area contributed by atoms with Gasteiger partial charge in [-0.05, 0) is 30.7 Å². The molecule has 0 aromatic carbocycles. The van der Waals surface area contributed by atoms with Crippen LogP contribution < -0.4 is 5.73 Å². The highest BCUT2D eigenvalue weighted by atomic mass is 16.3. The summed E-state index contributed by atoms with van der Waals surface area (Å²) < 4.78 is 0. The lowest BCUT2D eigenvalue weighted by atomic mass is 9.76. The van der Waals surface area contributed by atoms with Gasteiger partial charge in [-0.25, -0.2) is 0 Å². The minimum Gasteiger partial charge on any atom is -0.396 e. The third-order valence-electron chi connectivity index (χ3n) is 3.21. The number of aliphatic hydroxyl groups is 1. The summed E-state index contributed by atoms with van der Waals surface area (Å²) >= 11 is 0. The third-order valence-corrected chi connectivity index (χ3v) is 3.21. The molecule has 13 heavy (non-hydrogen) atoms. The molecule has 0 aromatic rings. The maximum Gasteiger partial charge on any atom is 0.0487 e. The molecule has 0 rings (SSSR count). The van der Waals surface area contributed by atoms with E-state index >= 15 is 0 Å². The normalized spacial score (nSPS) is 16.2. The molecule has 2 nitrogen and oxygen atoms in total. The summed E-state index contributed by atoms with van der Waals surface area (Å²) in [6.45, 7) is 7.61. The maximum absolute atomic E-state index is 9.29. The van der Waals surface area contributed by atoms with Crippen LogP contribution in [0, 0.1) is 11.3 Å². The van der Waals surface area contributed by atoms with Gasteiger partial charge in [0.05, 0.1) is 0 Å². The van der Waals surface area contributed by atoms with Gasteiger partial charge in [-0.15, -0.1) is 0 Å². The van der Waals surface area contributed by atoms with Crippen LogP contribution in [0.2, 0.25) is 0 Å². The van der Waals surface area contributed by atoms with Gasteiger partial charge in [0.2, 0.25) is 0 Å². The van der Waals surface area contributed by atoms with Gasteiger partial charge in [0.15, 0.2) is 0 Å². The lowest BCUT2D eigenvalue weighted by molar-refractivity contribution is 0.0826. The summed E-state index contributed by atoms with van der Waals surface area (Å²) in [5, 5.41) is 9.29. The zero-order valence-corrected chi connectivity index (χ0v) is 9.34. The lowest BCUT2D eigenvalue weighted by Gasteiger charge is -2.31. The van der Waals surface area contributed by atoms with E-state index in [-0.39, 0.29) is 5.41 Å². The van der Waals surface area contributed by atoms with E-state index in [1.54, 1.807) is 0 Å². The Bertz CT molecular complexity index is 125. The number of rotatable bonds is 7. The molecule has 0 bridgehead atoms. The summed E-state index contributed by atoms with van der Waals surface area (Å²) in [7, 11) is 0. The highest BCUT2D eigenvalue weighted by Gasteiger charge is 2.26. The van der Waals surface area contributed by atoms with Crippen LogP contribution in [0.5, 0.6) is 0 Å². The van der Waals surface area contributed by atoms with Crippen molar-refractivity contribution in [2.75, 3.05) is 13.2 Å². The van der Waals surface area contributed by atoms with Crippen LogP contribution in [0.4, 0.5) is 0 Å². The summed E-state index contributed by atoms with van der Waals surface area (Å²) in [5.41, 5.74) is 5.53. The van der Waals surface area contributed by atoms with E-state index in [9.17, 15) is 5.11 Å². The first-order chi connectivity index (χ1) is 6.06. The fourth-order valence-electron chi connectivity index (χ4n) is 1.40. The van der Waals surface area contributed by atoms with Crippen molar-refractivity contribution in [3.63, 3.8) is 0 Å². The monoisotopic (exact) mass is 187 g/mol. The largest absolute Gasteiger partial charge is 0.396 e. The van der Waals surface area contributed by atoms with Crippen LogP contribution in [0.3, 0.4) is 0 Å².